The minimum Gasteiger partial charge on any atom is -0.497 e. The van der Waals surface area contributed by atoms with Crippen molar-refractivity contribution >= 4 is 5.97 Å². The summed E-state index contributed by atoms with van der Waals surface area (Å²) in [5, 5.41) is 13.3. The third-order valence-corrected chi connectivity index (χ3v) is 3.94. The average Bonchev–Trinajstić information content (AvgIpc) is 3.16. The van der Waals surface area contributed by atoms with E-state index in [1.807, 2.05) is 24.3 Å². The van der Waals surface area contributed by atoms with Crippen LogP contribution in [0.25, 0.3) is 5.82 Å². The smallest absolute Gasteiger partial charge is 0.312 e. The standard InChI is InChI=1S/C19H19N3O4/c1-13(19(23)24)17-9-10-22(21-17)18-8-7-16(11-20-18)26-12-14-3-5-15(25-2)6-4-14/h3-11,13H,12H2,1-2H3,(H,23,24). The van der Waals surface area contributed by atoms with Crippen molar-refractivity contribution in [2.45, 2.75) is 19.4 Å². The zero-order valence-electron chi connectivity index (χ0n) is 14.5. The van der Waals surface area contributed by atoms with Gasteiger partial charge in [0.15, 0.2) is 5.82 Å². The lowest BCUT2D eigenvalue weighted by Crippen LogP contribution is -2.09. The van der Waals surface area contributed by atoms with Gasteiger partial charge in [0.1, 0.15) is 18.1 Å². The van der Waals surface area contributed by atoms with Gasteiger partial charge in [0, 0.05) is 6.20 Å². The Hall–Kier alpha value is -3.35. The van der Waals surface area contributed by atoms with Crippen LogP contribution < -0.4 is 9.47 Å². The average molecular weight is 353 g/mol. The third-order valence-electron chi connectivity index (χ3n) is 3.94. The molecular weight excluding hydrogens is 334 g/mol. The summed E-state index contributed by atoms with van der Waals surface area (Å²) >= 11 is 0. The summed E-state index contributed by atoms with van der Waals surface area (Å²) in [6.45, 7) is 2.02. The Morgan fingerprint density at radius 1 is 1.15 bits per heavy atom. The van der Waals surface area contributed by atoms with Gasteiger partial charge < -0.3 is 14.6 Å². The molecule has 1 N–H and O–H groups in total. The van der Waals surface area contributed by atoms with Crippen LogP contribution >= 0.6 is 0 Å². The highest BCUT2D eigenvalue weighted by molar-refractivity contribution is 5.74. The molecule has 26 heavy (non-hydrogen) atoms. The number of pyridine rings is 1. The zero-order chi connectivity index (χ0) is 18.5. The van der Waals surface area contributed by atoms with Crippen LogP contribution in [0.3, 0.4) is 0 Å². The summed E-state index contributed by atoms with van der Waals surface area (Å²) in [4.78, 5) is 15.3. The molecule has 0 aliphatic carbocycles. The van der Waals surface area contributed by atoms with E-state index in [1.165, 1.54) is 0 Å². The number of methoxy groups -OCH3 is 1. The third kappa shape index (κ3) is 4.00. The summed E-state index contributed by atoms with van der Waals surface area (Å²) in [7, 11) is 1.63. The van der Waals surface area contributed by atoms with E-state index < -0.39 is 11.9 Å². The number of nitrogens with zero attached hydrogens (tertiary/aromatic N) is 3. The molecule has 0 saturated carbocycles. The molecule has 1 unspecified atom stereocenters. The first-order valence-electron chi connectivity index (χ1n) is 8.07. The summed E-state index contributed by atoms with van der Waals surface area (Å²) in [5.74, 6) is 0.450. The van der Waals surface area contributed by atoms with Crippen molar-refractivity contribution in [1.29, 1.82) is 0 Å². The molecule has 0 saturated heterocycles. The molecule has 1 aromatic carbocycles. The highest BCUT2D eigenvalue weighted by Crippen LogP contribution is 2.17. The van der Waals surface area contributed by atoms with Crippen molar-refractivity contribution in [3.8, 4) is 17.3 Å². The van der Waals surface area contributed by atoms with Gasteiger partial charge in [-0.05, 0) is 42.8 Å². The molecule has 1 atom stereocenters. The van der Waals surface area contributed by atoms with E-state index in [4.69, 9.17) is 14.6 Å². The van der Waals surface area contributed by atoms with Gasteiger partial charge in [0.05, 0.1) is 24.9 Å². The maximum Gasteiger partial charge on any atom is 0.312 e. The fourth-order valence-corrected chi connectivity index (χ4v) is 2.30. The van der Waals surface area contributed by atoms with E-state index in [1.54, 1.807) is 49.3 Å². The number of aliphatic carboxylic acids is 1. The van der Waals surface area contributed by atoms with Crippen LogP contribution in [-0.2, 0) is 11.4 Å². The molecule has 0 spiro atoms. The molecule has 3 aromatic rings. The van der Waals surface area contributed by atoms with E-state index in [0.717, 1.165) is 11.3 Å². The molecule has 3 rings (SSSR count). The number of aromatic nitrogens is 3. The van der Waals surface area contributed by atoms with Gasteiger partial charge in [-0.1, -0.05) is 12.1 Å². The maximum absolute atomic E-state index is 11.0. The lowest BCUT2D eigenvalue weighted by atomic mass is 10.1. The second-order valence-electron chi connectivity index (χ2n) is 5.73. The number of hydrogen-bond acceptors (Lipinski definition) is 5. The van der Waals surface area contributed by atoms with Crippen LogP contribution in [0.2, 0.25) is 0 Å². The predicted octanol–water partition coefficient (Wildman–Crippen LogP) is 3.04. The Morgan fingerprint density at radius 2 is 1.88 bits per heavy atom. The van der Waals surface area contributed by atoms with Crippen molar-refractivity contribution in [2.75, 3.05) is 7.11 Å². The van der Waals surface area contributed by atoms with Crippen LogP contribution in [0, 0.1) is 0 Å². The van der Waals surface area contributed by atoms with Gasteiger partial charge in [-0.15, -0.1) is 0 Å². The Labute approximate surface area is 150 Å². The predicted molar refractivity (Wildman–Crippen MR) is 94.7 cm³/mol. The number of rotatable bonds is 7. The zero-order valence-corrected chi connectivity index (χ0v) is 14.5. The first kappa shape index (κ1) is 17.5. The molecule has 0 bridgehead atoms. The first-order chi connectivity index (χ1) is 12.6. The molecule has 0 fully saturated rings. The second-order valence-corrected chi connectivity index (χ2v) is 5.73. The van der Waals surface area contributed by atoms with Crippen LogP contribution in [-0.4, -0.2) is 33.0 Å². The number of hydrogen-bond donors (Lipinski definition) is 1. The minimum atomic E-state index is -0.912. The first-order valence-corrected chi connectivity index (χ1v) is 8.07. The molecule has 0 aliphatic rings. The summed E-state index contributed by atoms with van der Waals surface area (Å²) < 4.78 is 12.4. The van der Waals surface area contributed by atoms with Gasteiger partial charge in [0.2, 0.25) is 0 Å². The highest BCUT2D eigenvalue weighted by Gasteiger charge is 2.16. The number of carboxylic acid groups (broad SMARTS) is 1. The Morgan fingerprint density at radius 3 is 2.50 bits per heavy atom. The van der Waals surface area contributed by atoms with Crippen molar-refractivity contribution in [1.82, 2.24) is 14.8 Å². The molecule has 2 heterocycles. The van der Waals surface area contributed by atoms with Gasteiger partial charge in [-0.25, -0.2) is 9.67 Å². The minimum absolute atomic E-state index is 0.424. The molecule has 2 aromatic heterocycles. The van der Waals surface area contributed by atoms with E-state index in [2.05, 4.69) is 10.1 Å². The lowest BCUT2D eigenvalue weighted by Gasteiger charge is -2.08. The van der Waals surface area contributed by atoms with Crippen molar-refractivity contribution < 1.29 is 19.4 Å². The summed E-state index contributed by atoms with van der Waals surface area (Å²) in [6.07, 6.45) is 3.30. The van der Waals surface area contributed by atoms with Crippen molar-refractivity contribution in [3.63, 3.8) is 0 Å². The normalized spacial score (nSPS) is 11.8. The molecule has 7 heteroatoms. The van der Waals surface area contributed by atoms with Gasteiger partial charge in [0.25, 0.3) is 0 Å². The van der Waals surface area contributed by atoms with Gasteiger partial charge in [-0.2, -0.15) is 5.10 Å². The molecule has 0 aliphatic heterocycles. The molecule has 0 radical (unpaired) electrons. The number of carboxylic acids is 1. The van der Waals surface area contributed by atoms with E-state index >= 15 is 0 Å². The van der Waals surface area contributed by atoms with E-state index in [0.29, 0.717) is 23.9 Å². The number of carbonyl (C=O) groups is 1. The van der Waals surface area contributed by atoms with Crippen LogP contribution in [0.15, 0.2) is 54.9 Å². The lowest BCUT2D eigenvalue weighted by molar-refractivity contribution is -0.138. The quantitative estimate of drug-likeness (QED) is 0.702. The second kappa shape index (κ2) is 7.69. The van der Waals surface area contributed by atoms with Gasteiger partial charge in [-0.3, -0.25) is 4.79 Å². The topological polar surface area (TPSA) is 86.5 Å². The van der Waals surface area contributed by atoms with Crippen molar-refractivity contribution in [2.24, 2.45) is 0 Å². The summed E-state index contributed by atoms with van der Waals surface area (Å²) in [5.41, 5.74) is 1.51. The highest BCUT2D eigenvalue weighted by atomic mass is 16.5. The Bertz CT molecular complexity index is 873. The Balaban J connectivity index is 1.63. The number of benzene rings is 1. The van der Waals surface area contributed by atoms with Crippen LogP contribution in [0.1, 0.15) is 24.1 Å². The molecular formula is C19H19N3O4. The molecule has 0 amide bonds. The van der Waals surface area contributed by atoms with Gasteiger partial charge >= 0.3 is 5.97 Å². The molecule has 7 nitrogen and oxygen atoms in total. The fraction of sp³-hybridized carbons (Fsp3) is 0.211. The van der Waals surface area contributed by atoms with E-state index in [-0.39, 0.29) is 0 Å². The van der Waals surface area contributed by atoms with Crippen LogP contribution in [0.4, 0.5) is 0 Å². The number of ether oxygens (including phenoxy) is 2. The van der Waals surface area contributed by atoms with Crippen molar-refractivity contribution in [3.05, 3.63) is 66.1 Å². The maximum atomic E-state index is 11.0. The SMILES string of the molecule is COc1ccc(COc2ccc(-n3ccc(C(C)C(=O)O)n3)nc2)cc1. The largest absolute Gasteiger partial charge is 0.497 e. The monoisotopic (exact) mass is 353 g/mol. The summed E-state index contributed by atoms with van der Waals surface area (Å²) in [6, 6.07) is 12.9. The fourth-order valence-electron chi connectivity index (χ4n) is 2.30. The van der Waals surface area contributed by atoms with E-state index in [9.17, 15) is 4.79 Å². The molecule has 134 valence electrons. The Kier molecular flexibility index (Phi) is 5.17. The van der Waals surface area contributed by atoms with Crippen LogP contribution in [0.5, 0.6) is 11.5 Å².